The number of nitriles is 1. The Morgan fingerprint density at radius 2 is 1.67 bits per heavy atom. The van der Waals surface area contributed by atoms with Crippen molar-refractivity contribution >= 4 is 63.5 Å². The Labute approximate surface area is 321 Å². The van der Waals surface area contributed by atoms with Crippen molar-refractivity contribution in [1.29, 1.82) is 5.26 Å². The molecule has 0 aliphatic carbocycles. The van der Waals surface area contributed by atoms with Crippen LogP contribution in [0.1, 0.15) is 56.6 Å². The number of para-hydroxylation sites is 1. The lowest BCUT2D eigenvalue weighted by atomic mass is 10.0. The van der Waals surface area contributed by atoms with Gasteiger partial charge >= 0.3 is 0 Å². The Morgan fingerprint density at radius 3 is 2.39 bits per heavy atom. The lowest BCUT2D eigenvalue weighted by Crippen LogP contribution is -2.33. The molecule has 1 aliphatic heterocycles. The molecule has 0 spiro atoms. The number of fused-ring (bicyclic) bond motifs is 1. The van der Waals surface area contributed by atoms with E-state index in [1.165, 1.54) is 30.0 Å². The third-order valence-electron chi connectivity index (χ3n) is 8.58. The summed E-state index contributed by atoms with van der Waals surface area (Å²) in [5.41, 5.74) is 3.51. The van der Waals surface area contributed by atoms with Crippen LogP contribution < -0.4 is 20.7 Å². The number of amides is 4. The maximum atomic E-state index is 14.1. The van der Waals surface area contributed by atoms with E-state index in [-0.39, 0.29) is 17.5 Å². The van der Waals surface area contributed by atoms with Crippen molar-refractivity contribution in [2.24, 2.45) is 0 Å². The molecule has 1 unspecified atom stereocenters. The molecule has 4 aromatic carbocycles. The van der Waals surface area contributed by atoms with Crippen molar-refractivity contribution < 1.29 is 23.9 Å². The zero-order valence-corrected chi connectivity index (χ0v) is 31.3. The van der Waals surface area contributed by atoms with Gasteiger partial charge in [0.15, 0.2) is 0 Å². The van der Waals surface area contributed by atoms with Crippen molar-refractivity contribution in [2.75, 3.05) is 23.8 Å². The second kappa shape index (κ2) is 17.6. The van der Waals surface area contributed by atoms with Crippen LogP contribution >= 0.6 is 23.1 Å². The number of anilines is 2. The third-order valence-corrected chi connectivity index (χ3v) is 11.0. The number of ether oxygens (including phenoxy) is 1. The van der Waals surface area contributed by atoms with Gasteiger partial charge in [-0.05, 0) is 66.9 Å². The molecule has 1 aromatic heterocycles. The van der Waals surface area contributed by atoms with Gasteiger partial charge in [-0.1, -0.05) is 72.8 Å². The molecule has 6 rings (SSSR count). The van der Waals surface area contributed by atoms with Gasteiger partial charge in [0.05, 0.1) is 18.7 Å². The van der Waals surface area contributed by atoms with Gasteiger partial charge in [0, 0.05) is 40.1 Å². The minimum Gasteiger partial charge on any atom is -0.493 e. The minimum atomic E-state index is -0.716. The topological polar surface area (TPSA) is 141 Å². The quantitative estimate of drug-likeness (QED) is 0.0872. The molecule has 2 heterocycles. The largest absolute Gasteiger partial charge is 0.493 e. The lowest BCUT2D eigenvalue weighted by Gasteiger charge is -2.25. The molecule has 12 heteroatoms. The van der Waals surface area contributed by atoms with E-state index in [9.17, 15) is 24.4 Å². The Kier molecular flexibility index (Phi) is 12.2. The summed E-state index contributed by atoms with van der Waals surface area (Å²) in [5.74, 6) is -0.798. The SMILES string of the molecule is CCOc1ccccc1/C=C(/NC(=O)c1ccccc1)C(=O)Nc1cccc(SC(C(=O)Nc2sc3c(c2C#N)CCN(C(C)=O)C3)c2ccccc2)c1. The second-order valence-corrected chi connectivity index (χ2v) is 14.5. The fourth-order valence-corrected chi connectivity index (χ4v) is 8.22. The Bertz CT molecular complexity index is 2250. The molecule has 10 nitrogen and oxygen atoms in total. The molecule has 0 radical (unpaired) electrons. The molecule has 0 bridgehead atoms. The normalized spacial score (nSPS) is 12.8. The molecule has 1 aliphatic rings. The van der Waals surface area contributed by atoms with Crippen molar-refractivity contribution in [3.05, 3.63) is 148 Å². The van der Waals surface area contributed by atoms with Crippen molar-refractivity contribution in [3.63, 3.8) is 0 Å². The summed E-state index contributed by atoms with van der Waals surface area (Å²) < 4.78 is 5.76. The second-order valence-electron chi connectivity index (χ2n) is 12.2. The molecule has 3 N–H and O–H groups in total. The first kappa shape index (κ1) is 37.6. The molecule has 0 saturated heterocycles. The van der Waals surface area contributed by atoms with Crippen LogP contribution in [0.4, 0.5) is 10.7 Å². The highest BCUT2D eigenvalue weighted by Gasteiger charge is 2.29. The highest BCUT2D eigenvalue weighted by Crippen LogP contribution is 2.41. The molecule has 0 fully saturated rings. The molecular weight excluding hydrogens is 719 g/mol. The van der Waals surface area contributed by atoms with E-state index in [0.717, 1.165) is 16.0 Å². The fourth-order valence-electron chi connectivity index (χ4n) is 5.92. The van der Waals surface area contributed by atoms with Gasteiger partial charge in [0.2, 0.25) is 11.8 Å². The van der Waals surface area contributed by atoms with Crippen molar-refractivity contribution in [2.45, 2.75) is 37.0 Å². The number of hydrogen-bond donors (Lipinski definition) is 3. The minimum absolute atomic E-state index is 0.00830. The molecular formula is C42H37N5O5S2. The predicted molar refractivity (Wildman–Crippen MR) is 212 cm³/mol. The van der Waals surface area contributed by atoms with Crippen LogP contribution in [0.15, 0.2) is 120 Å². The van der Waals surface area contributed by atoms with Crippen LogP contribution in [0.5, 0.6) is 5.75 Å². The van der Waals surface area contributed by atoms with Crippen LogP contribution in [0.25, 0.3) is 6.08 Å². The zero-order valence-electron chi connectivity index (χ0n) is 29.6. The van der Waals surface area contributed by atoms with Gasteiger partial charge in [-0.15, -0.1) is 23.1 Å². The number of carbonyl (C=O) groups excluding carboxylic acids is 4. The van der Waals surface area contributed by atoms with Gasteiger partial charge < -0.3 is 25.6 Å². The summed E-state index contributed by atoms with van der Waals surface area (Å²) in [4.78, 5) is 56.5. The summed E-state index contributed by atoms with van der Waals surface area (Å²) in [5, 5.41) is 18.5. The van der Waals surface area contributed by atoms with E-state index < -0.39 is 17.1 Å². The van der Waals surface area contributed by atoms with Gasteiger partial charge in [0.1, 0.15) is 27.8 Å². The molecule has 4 amide bonds. The Balaban J connectivity index is 1.25. The summed E-state index contributed by atoms with van der Waals surface area (Å²) >= 11 is 2.62. The maximum Gasteiger partial charge on any atom is 0.272 e. The van der Waals surface area contributed by atoms with Gasteiger partial charge in [-0.25, -0.2) is 0 Å². The number of nitrogens with one attached hydrogen (secondary N) is 3. The highest BCUT2D eigenvalue weighted by molar-refractivity contribution is 8.00. The summed E-state index contributed by atoms with van der Waals surface area (Å²) in [6.45, 7) is 4.74. The molecule has 5 aromatic rings. The number of carbonyl (C=O) groups is 4. The fraction of sp³-hybridized carbons (Fsp3) is 0.167. The Morgan fingerprint density at radius 1 is 0.944 bits per heavy atom. The van der Waals surface area contributed by atoms with Crippen molar-refractivity contribution in [1.82, 2.24) is 10.2 Å². The number of nitrogens with zero attached hydrogens (tertiary/aromatic N) is 2. The summed E-state index contributed by atoms with van der Waals surface area (Å²) in [7, 11) is 0. The smallest absolute Gasteiger partial charge is 0.272 e. The number of rotatable bonds is 12. The third kappa shape index (κ3) is 9.06. The van der Waals surface area contributed by atoms with E-state index in [1.54, 1.807) is 71.6 Å². The molecule has 0 saturated carbocycles. The van der Waals surface area contributed by atoms with Gasteiger partial charge in [0.25, 0.3) is 11.8 Å². The van der Waals surface area contributed by atoms with Crippen LogP contribution in [-0.2, 0) is 27.3 Å². The first-order chi connectivity index (χ1) is 26.2. The van der Waals surface area contributed by atoms with Crippen LogP contribution in [0.2, 0.25) is 0 Å². The van der Waals surface area contributed by atoms with Gasteiger partial charge in [-0.3, -0.25) is 19.2 Å². The summed E-state index contributed by atoms with van der Waals surface area (Å²) in [6.07, 6.45) is 2.12. The standard InChI is InChI=1S/C42H37N5O5S2/c1-3-52-36-20-11-10-17-30(36)23-35(45-39(49)29-15-8-5-9-16-29)40(50)44-31-18-12-19-32(24-31)53-38(28-13-6-4-7-14-28)41(51)46-42-34(25-43)33-21-22-47(27(2)48)26-37(33)54-42/h4-20,23-24,38H,3,21-22,26H2,1-2H3,(H,44,50)(H,45,49)(H,46,51)/b35-23+. The highest BCUT2D eigenvalue weighted by atomic mass is 32.2. The summed E-state index contributed by atoms with van der Waals surface area (Å²) in [6, 6.07) is 34.5. The average Bonchev–Trinajstić information content (AvgIpc) is 3.54. The molecule has 54 heavy (non-hydrogen) atoms. The average molecular weight is 756 g/mol. The number of hydrogen-bond acceptors (Lipinski definition) is 8. The number of thioether (sulfide) groups is 1. The van der Waals surface area contributed by atoms with E-state index in [2.05, 4.69) is 22.0 Å². The van der Waals surface area contributed by atoms with Crippen molar-refractivity contribution in [3.8, 4) is 11.8 Å². The van der Waals surface area contributed by atoms with Crippen LogP contribution in [-0.4, -0.2) is 41.7 Å². The monoisotopic (exact) mass is 755 g/mol. The van der Waals surface area contributed by atoms with Crippen LogP contribution in [0.3, 0.4) is 0 Å². The predicted octanol–water partition coefficient (Wildman–Crippen LogP) is 7.80. The Hall–Kier alpha value is -6.16. The first-order valence-electron chi connectivity index (χ1n) is 17.3. The molecule has 1 atom stereocenters. The molecule has 272 valence electrons. The van der Waals surface area contributed by atoms with E-state index in [1.807, 2.05) is 55.5 Å². The first-order valence-corrected chi connectivity index (χ1v) is 19.0. The number of benzene rings is 4. The zero-order chi connectivity index (χ0) is 38.0. The van der Waals surface area contributed by atoms with E-state index in [0.29, 0.717) is 64.1 Å². The number of thiophene rings is 1. The van der Waals surface area contributed by atoms with E-state index in [4.69, 9.17) is 4.74 Å². The van der Waals surface area contributed by atoms with Crippen LogP contribution in [0, 0.1) is 11.3 Å². The van der Waals surface area contributed by atoms with Gasteiger partial charge in [-0.2, -0.15) is 5.26 Å². The lowest BCUT2D eigenvalue weighted by molar-refractivity contribution is -0.129. The van der Waals surface area contributed by atoms with E-state index >= 15 is 0 Å². The maximum absolute atomic E-state index is 14.1.